The van der Waals surface area contributed by atoms with Gasteiger partial charge in [0.25, 0.3) is 0 Å². The average Bonchev–Trinajstić information content (AvgIpc) is 3.09. The van der Waals surface area contributed by atoms with Crippen LogP contribution in [0.3, 0.4) is 0 Å². The number of aryl methyl sites for hydroxylation is 1. The summed E-state index contributed by atoms with van der Waals surface area (Å²) >= 11 is 0. The van der Waals surface area contributed by atoms with Gasteiger partial charge in [0, 0.05) is 29.0 Å². The molecule has 0 radical (unpaired) electrons. The fourth-order valence-electron chi connectivity index (χ4n) is 3.69. The zero-order valence-corrected chi connectivity index (χ0v) is 15.7. The van der Waals surface area contributed by atoms with Gasteiger partial charge in [-0.15, -0.1) is 0 Å². The van der Waals surface area contributed by atoms with E-state index in [1.54, 1.807) is 0 Å². The van der Waals surface area contributed by atoms with Crippen LogP contribution in [0.2, 0.25) is 0 Å². The number of pyridine rings is 1. The summed E-state index contributed by atoms with van der Waals surface area (Å²) in [4.78, 5) is 4.70. The van der Waals surface area contributed by atoms with E-state index in [0.29, 0.717) is 0 Å². The first-order valence-corrected chi connectivity index (χ1v) is 9.47. The van der Waals surface area contributed by atoms with Gasteiger partial charge in [0.1, 0.15) is 0 Å². The summed E-state index contributed by atoms with van der Waals surface area (Å²) in [6.07, 6.45) is 4.18. The Labute approximate surface area is 164 Å². The lowest BCUT2D eigenvalue weighted by molar-refractivity contribution is 0.978. The molecule has 5 rings (SSSR count). The van der Waals surface area contributed by atoms with E-state index in [9.17, 15) is 0 Å². The highest BCUT2D eigenvalue weighted by molar-refractivity contribution is 5.87. The summed E-state index contributed by atoms with van der Waals surface area (Å²) in [5.74, 6) is 0. The van der Waals surface area contributed by atoms with Gasteiger partial charge in [-0.3, -0.25) is 0 Å². The van der Waals surface area contributed by atoms with E-state index >= 15 is 0 Å². The van der Waals surface area contributed by atoms with Crippen LogP contribution in [-0.4, -0.2) is 9.55 Å². The summed E-state index contributed by atoms with van der Waals surface area (Å²) in [6.45, 7) is 0. The maximum absolute atomic E-state index is 4.70. The van der Waals surface area contributed by atoms with Crippen LogP contribution >= 0.6 is 0 Å². The van der Waals surface area contributed by atoms with Crippen molar-refractivity contribution in [2.75, 3.05) is 0 Å². The summed E-state index contributed by atoms with van der Waals surface area (Å²) in [6, 6.07) is 31.8. The van der Waals surface area contributed by atoms with E-state index in [0.717, 1.165) is 16.8 Å². The smallest absolute Gasteiger partial charge is 0.0709 e. The Morgan fingerprint density at radius 1 is 0.714 bits per heavy atom. The Bertz CT molecular complexity index is 1310. The number of aromatic nitrogens is 2. The second-order valence-electron chi connectivity index (χ2n) is 7.03. The molecule has 0 atom stereocenters. The predicted molar refractivity (Wildman–Crippen MR) is 119 cm³/mol. The van der Waals surface area contributed by atoms with Crippen LogP contribution in [0.1, 0.15) is 11.3 Å². The van der Waals surface area contributed by atoms with Gasteiger partial charge in [-0.05, 0) is 41.5 Å². The SMILES string of the molecule is Cn1c(-c2ccc(/C=C/c3ccc4ccccc4n3)cc2)cc2ccccc21. The highest BCUT2D eigenvalue weighted by Gasteiger charge is 2.07. The molecule has 0 aliphatic carbocycles. The highest BCUT2D eigenvalue weighted by atomic mass is 14.9. The first-order chi connectivity index (χ1) is 13.8. The van der Waals surface area contributed by atoms with Crippen LogP contribution in [0.5, 0.6) is 0 Å². The minimum atomic E-state index is 0.969. The zero-order valence-electron chi connectivity index (χ0n) is 15.7. The summed E-state index contributed by atoms with van der Waals surface area (Å²) in [5, 5.41) is 2.44. The number of benzene rings is 3. The van der Waals surface area contributed by atoms with Crippen molar-refractivity contribution < 1.29 is 0 Å². The number of hydrogen-bond acceptors (Lipinski definition) is 1. The van der Waals surface area contributed by atoms with Gasteiger partial charge in [0.05, 0.1) is 11.2 Å². The quantitative estimate of drug-likeness (QED) is 0.356. The lowest BCUT2D eigenvalue weighted by atomic mass is 10.1. The Morgan fingerprint density at radius 2 is 1.46 bits per heavy atom. The van der Waals surface area contributed by atoms with Crippen molar-refractivity contribution in [3.63, 3.8) is 0 Å². The van der Waals surface area contributed by atoms with Crippen LogP contribution in [0.4, 0.5) is 0 Å². The molecule has 0 spiro atoms. The molecular weight excluding hydrogens is 340 g/mol. The molecule has 0 unspecified atom stereocenters. The van der Waals surface area contributed by atoms with Gasteiger partial charge in [-0.25, -0.2) is 4.98 Å². The number of fused-ring (bicyclic) bond motifs is 2. The van der Waals surface area contributed by atoms with Crippen molar-refractivity contribution in [1.82, 2.24) is 9.55 Å². The van der Waals surface area contributed by atoms with Crippen LogP contribution < -0.4 is 0 Å². The molecule has 134 valence electrons. The molecule has 3 aromatic carbocycles. The largest absolute Gasteiger partial charge is 0.344 e. The minimum absolute atomic E-state index is 0.969. The summed E-state index contributed by atoms with van der Waals surface area (Å²) in [5.41, 5.74) is 6.86. The first kappa shape index (κ1) is 16.5. The standard InChI is InChI=1S/C26H20N2/c1-28-25-9-5-3-7-22(25)18-26(28)21-13-10-19(11-14-21)12-16-23-17-15-20-6-2-4-8-24(20)27-23/h2-18H,1H3/b16-12+. The lowest BCUT2D eigenvalue weighted by Crippen LogP contribution is -1.90. The molecule has 2 heterocycles. The second kappa shape index (κ2) is 6.82. The van der Waals surface area contributed by atoms with Gasteiger partial charge in [0.15, 0.2) is 0 Å². The molecule has 0 N–H and O–H groups in total. The van der Waals surface area contributed by atoms with E-state index < -0.39 is 0 Å². The fourth-order valence-corrected chi connectivity index (χ4v) is 3.69. The van der Waals surface area contributed by atoms with E-state index in [1.807, 2.05) is 18.2 Å². The number of nitrogens with zero attached hydrogens (tertiary/aromatic N) is 2. The average molecular weight is 360 g/mol. The van der Waals surface area contributed by atoms with E-state index in [-0.39, 0.29) is 0 Å². The molecule has 0 aliphatic rings. The Kier molecular flexibility index (Phi) is 4.02. The fraction of sp³-hybridized carbons (Fsp3) is 0.0385. The highest BCUT2D eigenvalue weighted by Crippen LogP contribution is 2.27. The van der Waals surface area contributed by atoms with Crippen LogP contribution in [0.25, 0.3) is 45.2 Å². The van der Waals surface area contributed by atoms with E-state index in [4.69, 9.17) is 4.98 Å². The van der Waals surface area contributed by atoms with E-state index in [2.05, 4.69) is 96.6 Å². The maximum atomic E-state index is 4.70. The molecule has 2 heteroatoms. The van der Waals surface area contributed by atoms with Gasteiger partial charge < -0.3 is 4.57 Å². The molecule has 2 nitrogen and oxygen atoms in total. The van der Waals surface area contributed by atoms with Gasteiger partial charge >= 0.3 is 0 Å². The third-order valence-corrected chi connectivity index (χ3v) is 5.22. The summed E-state index contributed by atoms with van der Waals surface area (Å²) < 4.78 is 2.25. The molecule has 28 heavy (non-hydrogen) atoms. The predicted octanol–water partition coefficient (Wildman–Crippen LogP) is 6.56. The topological polar surface area (TPSA) is 17.8 Å². The molecular formula is C26H20N2. The first-order valence-electron chi connectivity index (χ1n) is 9.47. The molecule has 0 saturated heterocycles. The molecule has 0 bridgehead atoms. The van der Waals surface area contributed by atoms with Crippen molar-refractivity contribution in [2.24, 2.45) is 7.05 Å². The normalized spacial score (nSPS) is 11.6. The van der Waals surface area contributed by atoms with Crippen molar-refractivity contribution in [3.05, 3.63) is 102 Å². The number of hydrogen-bond donors (Lipinski definition) is 0. The van der Waals surface area contributed by atoms with Gasteiger partial charge in [-0.2, -0.15) is 0 Å². The van der Waals surface area contributed by atoms with E-state index in [1.165, 1.54) is 27.5 Å². The molecule has 0 aliphatic heterocycles. The summed E-state index contributed by atoms with van der Waals surface area (Å²) in [7, 11) is 2.12. The molecule has 0 fully saturated rings. The van der Waals surface area contributed by atoms with Crippen molar-refractivity contribution in [3.8, 4) is 11.3 Å². The zero-order chi connectivity index (χ0) is 18.9. The third-order valence-electron chi connectivity index (χ3n) is 5.22. The molecule has 0 amide bonds. The number of para-hydroxylation sites is 2. The lowest BCUT2D eigenvalue weighted by Gasteiger charge is -2.05. The number of rotatable bonds is 3. The van der Waals surface area contributed by atoms with Crippen LogP contribution in [0.15, 0.2) is 91.0 Å². The second-order valence-corrected chi connectivity index (χ2v) is 7.03. The Hall–Kier alpha value is -3.65. The van der Waals surface area contributed by atoms with Gasteiger partial charge in [0.2, 0.25) is 0 Å². The molecule has 2 aromatic heterocycles. The Morgan fingerprint density at radius 3 is 2.29 bits per heavy atom. The minimum Gasteiger partial charge on any atom is -0.344 e. The monoisotopic (exact) mass is 360 g/mol. The van der Waals surface area contributed by atoms with Crippen LogP contribution in [0, 0.1) is 0 Å². The van der Waals surface area contributed by atoms with Crippen molar-refractivity contribution >= 4 is 34.0 Å². The Balaban J connectivity index is 1.42. The maximum Gasteiger partial charge on any atom is 0.0709 e. The van der Waals surface area contributed by atoms with Crippen molar-refractivity contribution in [1.29, 1.82) is 0 Å². The third kappa shape index (κ3) is 2.99. The van der Waals surface area contributed by atoms with Crippen molar-refractivity contribution in [2.45, 2.75) is 0 Å². The molecule has 0 saturated carbocycles. The molecule has 5 aromatic rings. The van der Waals surface area contributed by atoms with Gasteiger partial charge in [-0.1, -0.05) is 72.8 Å². The van der Waals surface area contributed by atoms with Crippen LogP contribution in [-0.2, 0) is 7.05 Å².